The molecule has 0 spiro atoms. The van der Waals surface area contributed by atoms with Gasteiger partial charge in [-0.3, -0.25) is 0 Å². The Kier molecular flexibility index (Phi) is 3.17. The molecule has 2 aromatic rings. The summed E-state index contributed by atoms with van der Waals surface area (Å²) < 4.78 is 12.8. The van der Waals surface area contributed by atoms with Gasteiger partial charge >= 0.3 is 0 Å². The topological polar surface area (TPSA) is 44.0 Å². The molecule has 0 unspecified atom stereocenters. The van der Waals surface area contributed by atoms with Gasteiger partial charge in [0.1, 0.15) is 5.82 Å². The zero-order valence-corrected chi connectivity index (χ0v) is 9.02. The molecule has 0 aliphatic rings. The molecule has 2 nitrogen and oxygen atoms in total. The number of nitriles is 1. The summed E-state index contributed by atoms with van der Waals surface area (Å²) in [4.78, 5) is 0. The van der Waals surface area contributed by atoms with Crippen LogP contribution in [0.25, 0.3) is 11.1 Å². The van der Waals surface area contributed by atoms with Gasteiger partial charge in [-0.2, -0.15) is 5.26 Å². The largest absolute Gasteiger partial charge is 0.392 e. The van der Waals surface area contributed by atoms with Crippen LogP contribution in [0, 0.1) is 17.1 Å². The summed E-state index contributed by atoms with van der Waals surface area (Å²) in [5, 5.41) is 18.3. The first-order valence-corrected chi connectivity index (χ1v) is 5.15. The van der Waals surface area contributed by atoms with E-state index in [4.69, 9.17) is 5.26 Å². The Morgan fingerprint density at radius 2 is 1.82 bits per heavy atom. The third-order valence-electron chi connectivity index (χ3n) is 2.61. The number of rotatable bonds is 2. The van der Waals surface area contributed by atoms with E-state index in [9.17, 15) is 9.50 Å². The van der Waals surface area contributed by atoms with Gasteiger partial charge in [-0.25, -0.2) is 4.39 Å². The van der Waals surface area contributed by atoms with Crippen LogP contribution in [0.15, 0.2) is 42.5 Å². The van der Waals surface area contributed by atoms with E-state index in [-0.39, 0.29) is 12.4 Å². The van der Waals surface area contributed by atoms with Crippen molar-refractivity contribution < 1.29 is 9.50 Å². The van der Waals surface area contributed by atoms with E-state index in [1.165, 1.54) is 12.1 Å². The summed E-state index contributed by atoms with van der Waals surface area (Å²) in [7, 11) is 0. The van der Waals surface area contributed by atoms with Crippen LogP contribution in [-0.4, -0.2) is 5.11 Å². The van der Waals surface area contributed by atoms with Gasteiger partial charge in [-0.15, -0.1) is 0 Å². The standard InChI is InChI=1S/C14H10FNO/c15-12-6-4-10(5-7-12)13-3-1-2-11(8-16)14(13)9-17/h1-7,17H,9H2. The van der Waals surface area contributed by atoms with Crippen molar-refractivity contribution in [2.75, 3.05) is 0 Å². The summed E-state index contributed by atoms with van der Waals surface area (Å²) in [6, 6.07) is 13.2. The van der Waals surface area contributed by atoms with Crippen molar-refractivity contribution in [2.24, 2.45) is 0 Å². The second kappa shape index (κ2) is 4.77. The minimum atomic E-state index is -0.310. The van der Waals surface area contributed by atoms with Crippen LogP contribution in [0.3, 0.4) is 0 Å². The normalized spacial score (nSPS) is 9.94. The van der Waals surface area contributed by atoms with Gasteiger partial charge in [-0.05, 0) is 29.3 Å². The molecule has 0 amide bonds. The third kappa shape index (κ3) is 2.17. The molecule has 0 saturated carbocycles. The third-order valence-corrected chi connectivity index (χ3v) is 2.61. The molecule has 0 aromatic heterocycles. The fourth-order valence-corrected chi connectivity index (χ4v) is 1.76. The van der Waals surface area contributed by atoms with Crippen LogP contribution in [0.1, 0.15) is 11.1 Å². The Labute approximate surface area is 98.6 Å². The van der Waals surface area contributed by atoms with Crippen molar-refractivity contribution in [1.29, 1.82) is 5.26 Å². The average molecular weight is 227 g/mol. The molecular formula is C14H10FNO. The number of hydrogen-bond donors (Lipinski definition) is 1. The first-order valence-electron chi connectivity index (χ1n) is 5.15. The highest BCUT2D eigenvalue weighted by molar-refractivity contribution is 5.69. The first kappa shape index (κ1) is 11.3. The molecule has 2 rings (SSSR count). The molecule has 0 aliphatic carbocycles. The van der Waals surface area contributed by atoms with Crippen molar-refractivity contribution in [1.82, 2.24) is 0 Å². The molecule has 84 valence electrons. The van der Waals surface area contributed by atoms with Crippen molar-refractivity contribution in [3.05, 3.63) is 59.4 Å². The Morgan fingerprint density at radius 1 is 1.12 bits per heavy atom. The fraction of sp³-hybridized carbons (Fsp3) is 0.0714. The van der Waals surface area contributed by atoms with Crippen molar-refractivity contribution in [2.45, 2.75) is 6.61 Å². The van der Waals surface area contributed by atoms with Crippen molar-refractivity contribution in [3.8, 4) is 17.2 Å². The Morgan fingerprint density at radius 3 is 2.41 bits per heavy atom. The maximum atomic E-state index is 12.8. The molecule has 0 heterocycles. The number of halogens is 1. The van der Waals surface area contributed by atoms with Gasteiger partial charge in [-0.1, -0.05) is 24.3 Å². The number of benzene rings is 2. The van der Waals surface area contributed by atoms with E-state index < -0.39 is 0 Å². The molecule has 17 heavy (non-hydrogen) atoms. The Bertz CT molecular complexity index is 570. The maximum Gasteiger partial charge on any atom is 0.123 e. The van der Waals surface area contributed by atoms with Crippen LogP contribution >= 0.6 is 0 Å². The predicted molar refractivity (Wildman–Crippen MR) is 62.5 cm³/mol. The van der Waals surface area contributed by atoms with E-state index in [2.05, 4.69) is 0 Å². The van der Waals surface area contributed by atoms with E-state index in [0.29, 0.717) is 11.1 Å². The monoisotopic (exact) mass is 227 g/mol. The summed E-state index contributed by atoms with van der Waals surface area (Å²) >= 11 is 0. The van der Waals surface area contributed by atoms with E-state index >= 15 is 0 Å². The zero-order valence-electron chi connectivity index (χ0n) is 9.02. The van der Waals surface area contributed by atoms with Crippen LogP contribution in [0.5, 0.6) is 0 Å². The molecule has 3 heteroatoms. The molecule has 2 aromatic carbocycles. The molecule has 0 bridgehead atoms. The summed E-state index contributed by atoms with van der Waals surface area (Å²) in [6.07, 6.45) is 0. The fourth-order valence-electron chi connectivity index (χ4n) is 1.76. The molecular weight excluding hydrogens is 217 g/mol. The second-order valence-corrected chi connectivity index (χ2v) is 3.61. The summed E-state index contributed by atoms with van der Waals surface area (Å²) in [6.45, 7) is -0.212. The number of hydrogen-bond acceptors (Lipinski definition) is 2. The summed E-state index contributed by atoms with van der Waals surface area (Å²) in [5.41, 5.74) is 2.55. The first-order chi connectivity index (χ1) is 8.26. The van der Waals surface area contributed by atoms with E-state index in [1.54, 1.807) is 30.3 Å². The Hall–Kier alpha value is -2.18. The van der Waals surface area contributed by atoms with Crippen LogP contribution in [0.2, 0.25) is 0 Å². The molecule has 0 atom stereocenters. The minimum Gasteiger partial charge on any atom is -0.392 e. The second-order valence-electron chi connectivity index (χ2n) is 3.61. The van der Waals surface area contributed by atoms with Crippen LogP contribution in [-0.2, 0) is 6.61 Å². The van der Waals surface area contributed by atoms with Crippen molar-refractivity contribution in [3.63, 3.8) is 0 Å². The highest BCUT2D eigenvalue weighted by atomic mass is 19.1. The molecule has 1 N–H and O–H groups in total. The quantitative estimate of drug-likeness (QED) is 0.857. The van der Waals surface area contributed by atoms with Gasteiger partial charge in [0, 0.05) is 5.56 Å². The number of aliphatic hydroxyl groups is 1. The van der Waals surface area contributed by atoms with Gasteiger partial charge in [0.25, 0.3) is 0 Å². The molecule has 0 fully saturated rings. The lowest BCUT2D eigenvalue weighted by Crippen LogP contribution is -1.94. The maximum absolute atomic E-state index is 12.8. The number of nitrogens with zero attached hydrogens (tertiary/aromatic N) is 1. The molecule has 0 saturated heterocycles. The average Bonchev–Trinajstić information content (AvgIpc) is 2.38. The van der Waals surface area contributed by atoms with Crippen molar-refractivity contribution >= 4 is 0 Å². The smallest absolute Gasteiger partial charge is 0.123 e. The van der Waals surface area contributed by atoms with Gasteiger partial charge in [0.05, 0.1) is 18.2 Å². The van der Waals surface area contributed by atoms with Gasteiger partial charge < -0.3 is 5.11 Å². The van der Waals surface area contributed by atoms with Gasteiger partial charge in [0.2, 0.25) is 0 Å². The lowest BCUT2D eigenvalue weighted by Gasteiger charge is -2.09. The highest BCUT2D eigenvalue weighted by Gasteiger charge is 2.08. The van der Waals surface area contributed by atoms with Gasteiger partial charge in [0.15, 0.2) is 0 Å². The minimum absolute atomic E-state index is 0.212. The SMILES string of the molecule is N#Cc1cccc(-c2ccc(F)cc2)c1CO. The molecule has 0 aliphatic heterocycles. The molecule has 0 radical (unpaired) electrons. The van der Waals surface area contributed by atoms with E-state index in [0.717, 1.165) is 11.1 Å². The van der Waals surface area contributed by atoms with E-state index in [1.807, 2.05) is 6.07 Å². The number of aliphatic hydroxyl groups excluding tert-OH is 1. The zero-order chi connectivity index (χ0) is 12.3. The van der Waals surface area contributed by atoms with Crippen LogP contribution in [0.4, 0.5) is 4.39 Å². The highest BCUT2D eigenvalue weighted by Crippen LogP contribution is 2.26. The lowest BCUT2D eigenvalue weighted by atomic mass is 9.96. The summed E-state index contributed by atoms with van der Waals surface area (Å²) in [5.74, 6) is -0.310. The Balaban J connectivity index is 2.59. The van der Waals surface area contributed by atoms with Crippen LogP contribution < -0.4 is 0 Å². The lowest BCUT2D eigenvalue weighted by molar-refractivity contribution is 0.282. The predicted octanol–water partition coefficient (Wildman–Crippen LogP) is 2.86.